The number of hydrogen-bond donors (Lipinski definition) is 1. The molecule has 1 heteroatoms. The van der Waals surface area contributed by atoms with Gasteiger partial charge in [-0.25, -0.2) is 0 Å². The van der Waals surface area contributed by atoms with E-state index in [0.717, 1.165) is 6.42 Å². The Morgan fingerprint density at radius 2 is 2.23 bits per heavy atom. The van der Waals surface area contributed by atoms with Crippen LogP contribution < -0.4 is 5.73 Å². The van der Waals surface area contributed by atoms with E-state index < -0.39 is 0 Å². The Kier molecular flexibility index (Phi) is 3.39. The first-order valence-electron chi connectivity index (χ1n) is 5.23. The van der Waals surface area contributed by atoms with Gasteiger partial charge in [-0.3, -0.25) is 0 Å². The van der Waals surface area contributed by atoms with Crippen LogP contribution in [0.4, 0.5) is 0 Å². The second kappa shape index (κ2) is 4.15. The molecule has 1 fully saturated rings. The van der Waals surface area contributed by atoms with Gasteiger partial charge in [0, 0.05) is 12.5 Å². The van der Waals surface area contributed by atoms with Gasteiger partial charge in [0.25, 0.3) is 0 Å². The van der Waals surface area contributed by atoms with Crippen LogP contribution in [0.5, 0.6) is 0 Å². The first kappa shape index (κ1) is 10.6. The number of hydrogen-bond acceptors (Lipinski definition) is 1. The average Bonchev–Trinajstić information content (AvgIpc) is 2.41. The van der Waals surface area contributed by atoms with Crippen molar-refractivity contribution >= 4 is 0 Å². The molecule has 0 aromatic carbocycles. The van der Waals surface area contributed by atoms with Crippen molar-refractivity contribution in [1.29, 1.82) is 0 Å². The van der Waals surface area contributed by atoms with Crippen LogP contribution in [0, 0.1) is 23.2 Å². The normalized spacial score (nSPS) is 27.8. The summed E-state index contributed by atoms with van der Waals surface area (Å²) in [5, 5.41) is 0. The fourth-order valence-electron chi connectivity index (χ4n) is 2.51. The van der Waals surface area contributed by atoms with Crippen molar-refractivity contribution in [2.45, 2.75) is 52.5 Å². The van der Waals surface area contributed by atoms with Gasteiger partial charge in [0.15, 0.2) is 0 Å². The highest BCUT2D eigenvalue weighted by atomic mass is 14.7. The molecule has 0 amide bonds. The summed E-state index contributed by atoms with van der Waals surface area (Å²) in [5.74, 6) is 6.68. The molecule has 1 aliphatic carbocycles. The quantitative estimate of drug-likeness (QED) is 0.648. The Morgan fingerprint density at radius 3 is 2.69 bits per heavy atom. The van der Waals surface area contributed by atoms with Gasteiger partial charge in [0.2, 0.25) is 0 Å². The van der Waals surface area contributed by atoms with Crippen molar-refractivity contribution in [3.63, 3.8) is 0 Å². The smallest absolute Gasteiger partial charge is 0.0243 e. The molecule has 2 N–H and O–H groups in total. The first-order chi connectivity index (χ1) is 6.08. The van der Waals surface area contributed by atoms with E-state index in [4.69, 9.17) is 5.73 Å². The molecule has 1 rings (SSSR count). The van der Waals surface area contributed by atoms with Crippen LogP contribution in [0.25, 0.3) is 0 Å². The molecule has 0 aliphatic heterocycles. The van der Waals surface area contributed by atoms with Crippen LogP contribution in [-0.2, 0) is 0 Å². The average molecular weight is 179 g/mol. The lowest BCUT2D eigenvalue weighted by atomic mass is 9.77. The highest BCUT2D eigenvalue weighted by Gasteiger charge is 2.37. The molecular formula is C12H21N. The van der Waals surface area contributed by atoms with Gasteiger partial charge >= 0.3 is 0 Å². The van der Waals surface area contributed by atoms with E-state index in [9.17, 15) is 0 Å². The van der Waals surface area contributed by atoms with Crippen LogP contribution in [0.1, 0.15) is 46.5 Å². The van der Waals surface area contributed by atoms with Gasteiger partial charge in [-0.05, 0) is 31.1 Å². The maximum atomic E-state index is 6.14. The van der Waals surface area contributed by atoms with Gasteiger partial charge in [-0.2, -0.15) is 0 Å². The van der Waals surface area contributed by atoms with Gasteiger partial charge in [0.1, 0.15) is 0 Å². The van der Waals surface area contributed by atoms with E-state index in [-0.39, 0.29) is 6.04 Å². The zero-order chi connectivity index (χ0) is 9.90. The second-order valence-electron chi connectivity index (χ2n) is 4.78. The molecule has 74 valence electrons. The third-order valence-corrected chi connectivity index (χ3v) is 3.37. The monoisotopic (exact) mass is 179 g/mol. The number of nitrogens with two attached hydrogens (primary N) is 1. The Balaban J connectivity index is 2.54. The third-order valence-electron chi connectivity index (χ3n) is 3.37. The molecule has 0 aromatic heterocycles. The lowest BCUT2D eigenvalue weighted by Crippen LogP contribution is -2.36. The molecule has 0 heterocycles. The Labute approximate surface area is 82.1 Å². The van der Waals surface area contributed by atoms with E-state index in [0.29, 0.717) is 11.3 Å². The Hall–Kier alpha value is -0.480. The molecule has 0 radical (unpaired) electrons. The summed E-state index contributed by atoms with van der Waals surface area (Å²) < 4.78 is 0. The zero-order valence-electron chi connectivity index (χ0n) is 9.06. The third kappa shape index (κ3) is 2.48. The molecule has 1 nitrogen and oxygen atoms in total. The highest BCUT2D eigenvalue weighted by molar-refractivity contribution is 5.01. The summed E-state index contributed by atoms with van der Waals surface area (Å²) in [6, 6.07) is 0.282. The molecular weight excluding hydrogens is 158 g/mol. The molecule has 0 saturated heterocycles. The largest absolute Gasteiger partial charge is 0.327 e. The Bertz CT molecular complexity index is 219. The predicted molar refractivity (Wildman–Crippen MR) is 57.2 cm³/mol. The fourth-order valence-corrected chi connectivity index (χ4v) is 2.51. The molecule has 0 bridgehead atoms. The van der Waals surface area contributed by atoms with Gasteiger partial charge in [-0.15, -0.1) is 11.8 Å². The van der Waals surface area contributed by atoms with Crippen molar-refractivity contribution in [2.24, 2.45) is 17.1 Å². The molecule has 0 spiro atoms. The Morgan fingerprint density at radius 1 is 1.54 bits per heavy atom. The summed E-state index contributed by atoms with van der Waals surface area (Å²) in [5.41, 5.74) is 6.58. The minimum absolute atomic E-state index is 0.282. The summed E-state index contributed by atoms with van der Waals surface area (Å²) in [4.78, 5) is 0. The van der Waals surface area contributed by atoms with Gasteiger partial charge in [0.05, 0.1) is 0 Å². The minimum Gasteiger partial charge on any atom is -0.327 e. The molecule has 13 heavy (non-hydrogen) atoms. The number of rotatable bonds is 2. The second-order valence-corrected chi connectivity index (χ2v) is 4.78. The van der Waals surface area contributed by atoms with Crippen molar-refractivity contribution in [1.82, 2.24) is 0 Å². The fraction of sp³-hybridized carbons (Fsp3) is 0.833. The molecule has 2 atom stereocenters. The minimum atomic E-state index is 0.282. The lowest BCUT2D eigenvalue weighted by Gasteiger charge is -2.31. The van der Waals surface area contributed by atoms with Crippen molar-refractivity contribution in [3.05, 3.63) is 0 Å². The zero-order valence-corrected chi connectivity index (χ0v) is 9.06. The standard InChI is InChI=1S/C12H21N/c1-4-5-8-11(13)10-7-6-9-12(10,2)3/h10-11H,6-9,13H2,1-3H3. The first-order valence-corrected chi connectivity index (χ1v) is 5.23. The summed E-state index contributed by atoms with van der Waals surface area (Å²) in [6.07, 6.45) is 4.82. The topological polar surface area (TPSA) is 26.0 Å². The van der Waals surface area contributed by atoms with Crippen LogP contribution in [0.2, 0.25) is 0 Å². The van der Waals surface area contributed by atoms with Crippen molar-refractivity contribution < 1.29 is 0 Å². The highest BCUT2D eigenvalue weighted by Crippen LogP contribution is 2.44. The van der Waals surface area contributed by atoms with Crippen molar-refractivity contribution in [2.75, 3.05) is 0 Å². The van der Waals surface area contributed by atoms with E-state index in [1.807, 2.05) is 6.92 Å². The summed E-state index contributed by atoms with van der Waals surface area (Å²) >= 11 is 0. The molecule has 0 aromatic rings. The molecule has 1 aliphatic rings. The van der Waals surface area contributed by atoms with Crippen LogP contribution >= 0.6 is 0 Å². The van der Waals surface area contributed by atoms with Crippen LogP contribution in [0.15, 0.2) is 0 Å². The van der Waals surface area contributed by atoms with Gasteiger partial charge < -0.3 is 5.73 Å². The lowest BCUT2D eigenvalue weighted by molar-refractivity contribution is 0.222. The van der Waals surface area contributed by atoms with Crippen molar-refractivity contribution in [3.8, 4) is 11.8 Å². The van der Waals surface area contributed by atoms with E-state index in [2.05, 4.69) is 25.7 Å². The van der Waals surface area contributed by atoms with E-state index in [1.54, 1.807) is 0 Å². The maximum absolute atomic E-state index is 6.14. The summed E-state index contributed by atoms with van der Waals surface area (Å²) in [6.45, 7) is 6.56. The summed E-state index contributed by atoms with van der Waals surface area (Å²) in [7, 11) is 0. The van der Waals surface area contributed by atoms with Gasteiger partial charge in [-0.1, -0.05) is 20.3 Å². The van der Waals surface area contributed by atoms with Crippen LogP contribution in [-0.4, -0.2) is 6.04 Å². The van der Waals surface area contributed by atoms with E-state index >= 15 is 0 Å². The maximum Gasteiger partial charge on any atom is 0.0243 e. The molecule has 2 unspecified atom stereocenters. The SMILES string of the molecule is CC#CCC(N)C1CCCC1(C)C. The van der Waals surface area contributed by atoms with Crippen LogP contribution in [0.3, 0.4) is 0 Å². The predicted octanol–water partition coefficient (Wildman–Crippen LogP) is 2.55. The van der Waals surface area contributed by atoms with E-state index in [1.165, 1.54) is 19.3 Å². The molecule has 1 saturated carbocycles.